The van der Waals surface area contributed by atoms with Crippen molar-refractivity contribution >= 4 is 27.0 Å². The van der Waals surface area contributed by atoms with Crippen LogP contribution in [0.2, 0.25) is 0 Å². The number of fused-ring (bicyclic) bond motifs is 2. The van der Waals surface area contributed by atoms with Gasteiger partial charge in [0, 0.05) is 30.7 Å². The lowest BCUT2D eigenvalue weighted by atomic mass is 10.1. The molecule has 3 heterocycles. The van der Waals surface area contributed by atoms with E-state index in [1.807, 2.05) is 12.3 Å². The van der Waals surface area contributed by atoms with Crippen molar-refractivity contribution in [3.63, 3.8) is 0 Å². The van der Waals surface area contributed by atoms with Crippen molar-refractivity contribution in [3.8, 4) is 0 Å². The van der Waals surface area contributed by atoms with E-state index < -0.39 is 0 Å². The Morgan fingerprint density at radius 1 is 1.26 bits per heavy atom. The van der Waals surface area contributed by atoms with E-state index in [9.17, 15) is 4.39 Å². The SMILES string of the molecule is Fc1cnc2c(c1)C(c1cc3ccncc3s1)=CC2.[HH]. The van der Waals surface area contributed by atoms with Gasteiger partial charge in [0.05, 0.1) is 16.6 Å². The zero-order chi connectivity index (χ0) is 12.8. The third-order valence-electron chi connectivity index (χ3n) is 3.31. The number of halogens is 1. The van der Waals surface area contributed by atoms with Crippen LogP contribution in [0.1, 0.15) is 17.6 Å². The van der Waals surface area contributed by atoms with Crippen LogP contribution in [0.5, 0.6) is 0 Å². The zero-order valence-electron chi connectivity index (χ0n) is 9.93. The molecule has 4 rings (SSSR count). The molecule has 2 nitrogen and oxygen atoms in total. The predicted molar refractivity (Wildman–Crippen MR) is 76.7 cm³/mol. The molecule has 0 aromatic carbocycles. The van der Waals surface area contributed by atoms with Gasteiger partial charge in [-0.25, -0.2) is 4.39 Å². The van der Waals surface area contributed by atoms with Crippen molar-refractivity contribution in [1.82, 2.24) is 9.97 Å². The molecule has 0 amide bonds. The molecule has 94 valence electrons. The Labute approximate surface area is 114 Å². The van der Waals surface area contributed by atoms with Crippen LogP contribution in [-0.2, 0) is 6.42 Å². The number of aromatic nitrogens is 2. The highest BCUT2D eigenvalue weighted by molar-refractivity contribution is 7.20. The Morgan fingerprint density at radius 2 is 2.21 bits per heavy atom. The number of hydrogen-bond acceptors (Lipinski definition) is 3. The smallest absolute Gasteiger partial charge is 0.142 e. The van der Waals surface area contributed by atoms with Gasteiger partial charge in [-0.05, 0) is 29.2 Å². The van der Waals surface area contributed by atoms with E-state index in [0.29, 0.717) is 0 Å². The van der Waals surface area contributed by atoms with E-state index in [4.69, 9.17) is 0 Å². The zero-order valence-corrected chi connectivity index (χ0v) is 10.7. The summed E-state index contributed by atoms with van der Waals surface area (Å²) in [6, 6.07) is 5.70. The van der Waals surface area contributed by atoms with Crippen molar-refractivity contribution in [2.75, 3.05) is 0 Å². The molecule has 0 unspecified atom stereocenters. The minimum atomic E-state index is -0.283. The molecule has 3 aromatic heterocycles. The Bertz CT molecular complexity index is 793. The highest BCUT2D eigenvalue weighted by Gasteiger charge is 2.19. The monoisotopic (exact) mass is 270 g/mol. The maximum absolute atomic E-state index is 13.4. The average molecular weight is 270 g/mol. The van der Waals surface area contributed by atoms with Crippen LogP contribution in [0.15, 0.2) is 42.9 Å². The predicted octanol–water partition coefficient (Wildman–Crippen LogP) is 4.06. The summed E-state index contributed by atoms with van der Waals surface area (Å²) in [7, 11) is 0. The second-order valence-electron chi connectivity index (χ2n) is 4.49. The number of hydrogen-bond donors (Lipinski definition) is 0. The number of thiophene rings is 1. The first-order valence-corrected chi connectivity index (χ1v) is 6.82. The van der Waals surface area contributed by atoms with Crippen LogP contribution in [0, 0.1) is 5.82 Å². The highest BCUT2D eigenvalue weighted by Crippen LogP contribution is 2.37. The van der Waals surface area contributed by atoms with Crippen molar-refractivity contribution < 1.29 is 5.82 Å². The second-order valence-corrected chi connectivity index (χ2v) is 5.58. The van der Waals surface area contributed by atoms with Crippen LogP contribution in [0.3, 0.4) is 0 Å². The maximum Gasteiger partial charge on any atom is 0.142 e. The summed E-state index contributed by atoms with van der Waals surface area (Å²) in [5.41, 5.74) is 2.95. The normalized spacial score (nSPS) is 13.6. The third-order valence-corrected chi connectivity index (χ3v) is 4.43. The van der Waals surface area contributed by atoms with E-state index in [1.165, 1.54) is 11.6 Å². The summed E-state index contributed by atoms with van der Waals surface area (Å²) in [5.74, 6) is -0.283. The Balaban J connectivity index is 0.00000121. The van der Waals surface area contributed by atoms with Gasteiger partial charge in [0.1, 0.15) is 5.82 Å². The van der Waals surface area contributed by atoms with Gasteiger partial charge in [-0.3, -0.25) is 9.97 Å². The summed E-state index contributed by atoms with van der Waals surface area (Å²) in [5, 5.41) is 1.17. The van der Waals surface area contributed by atoms with E-state index in [1.54, 1.807) is 23.6 Å². The Hall–Kier alpha value is -2.07. The van der Waals surface area contributed by atoms with Gasteiger partial charge in [-0.2, -0.15) is 0 Å². The van der Waals surface area contributed by atoms with E-state index >= 15 is 0 Å². The lowest BCUT2D eigenvalue weighted by Gasteiger charge is -2.02. The minimum absolute atomic E-state index is 0. The molecule has 0 spiro atoms. The van der Waals surface area contributed by atoms with Crippen LogP contribution in [0.4, 0.5) is 4.39 Å². The molecule has 0 aliphatic heterocycles. The average Bonchev–Trinajstić information content (AvgIpc) is 3.00. The van der Waals surface area contributed by atoms with Gasteiger partial charge >= 0.3 is 0 Å². The Kier molecular flexibility index (Phi) is 2.26. The second kappa shape index (κ2) is 3.96. The third kappa shape index (κ3) is 1.68. The van der Waals surface area contributed by atoms with Crippen LogP contribution in [-0.4, -0.2) is 9.97 Å². The number of nitrogens with zero attached hydrogens (tertiary/aromatic N) is 2. The lowest BCUT2D eigenvalue weighted by Crippen LogP contribution is -1.91. The summed E-state index contributed by atoms with van der Waals surface area (Å²) >= 11 is 1.68. The maximum atomic E-state index is 13.4. The molecule has 0 N–H and O–H groups in total. The summed E-state index contributed by atoms with van der Waals surface area (Å²) in [4.78, 5) is 9.43. The quantitative estimate of drug-likeness (QED) is 0.666. The molecule has 0 saturated heterocycles. The molecule has 1 aliphatic rings. The summed E-state index contributed by atoms with van der Waals surface area (Å²) in [6.07, 6.45) is 7.83. The highest BCUT2D eigenvalue weighted by atomic mass is 32.1. The van der Waals surface area contributed by atoms with Crippen molar-refractivity contribution in [1.29, 1.82) is 0 Å². The minimum Gasteiger partial charge on any atom is -0.263 e. The first kappa shape index (κ1) is 10.8. The van der Waals surface area contributed by atoms with Crippen LogP contribution >= 0.6 is 11.3 Å². The molecule has 0 atom stereocenters. The van der Waals surface area contributed by atoms with Crippen LogP contribution < -0.4 is 0 Å². The standard InChI is InChI=1S/C15H9FN2S.H2/c16-10-6-12-11(1-2-13(12)18-7-10)14-5-9-3-4-17-8-15(9)19-14;/h1,3-8H,2H2;1H. The molecule has 0 bridgehead atoms. The number of rotatable bonds is 1. The molecule has 4 heteroatoms. The van der Waals surface area contributed by atoms with Gasteiger partial charge in [0.25, 0.3) is 0 Å². The number of allylic oxidation sites excluding steroid dienone is 1. The fraction of sp³-hybridized carbons (Fsp3) is 0.0667. The fourth-order valence-corrected chi connectivity index (χ4v) is 3.51. The molecule has 19 heavy (non-hydrogen) atoms. The van der Waals surface area contributed by atoms with E-state index in [2.05, 4.69) is 22.1 Å². The molecule has 1 aliphatic carbocycles. The van der Waals surface area contributed by atoms with Crippen molar-refractivity contribution in [3.05, 3.63) is 64.8 Å². The Morgan fingerprint density at radius 3 is 3.11 bits per heavy atom. The molecule has 3 aromatic rings. The van der Waals surface area contributed by atoms with Gasteiger partial charge in [0.2, 0.25) is 0 Å². The van der Waals surface area contributed by atoms with Gasteiger partial charge in [-0.15, -0.1) is 11.3 Å². The molecule has 0 saturated carbocycles. The first-order chi connectivity index (χ1) is 9.31. The first-order valence-electron chi connectivity index (χ1n) is 6.00. The van der Waals surface area contributed by atoms with Gasteiger partial charge in [0.15, 0.2) is 0 Å². The fourth-order valence-electron chi connectivity index (χ4n) is 2.42. The summed E-state index contributed by atoms with van der Waals surface area (Å²) < 4.78 is 14.5. The van der Waals surface area contributed by atoms with E-state index in [0.717, 1.165) is 32.8 Å². The largest absolute Gasteiger partial charge is 0.263 e. The topological polar surface area (TPSA) is 25.8 Å². The van der Waals surface area contributed by atoms with Crippen LogP contribution in [0.25, 0.3) is 15.7 Å². The molecule has 0 radical (unpaired) electrons. The van der Waals surface area contributed by atoms with E-state index in [-0.39, 0.29) is 7.24 Å². The van der Waals surface area contributed by atoms with Crippen molar-refractivity contribution in [2.45, 2.75) is 6.42 Å². The lowest BCUT2D eigenvalue weighted by molar-refractivity contribution is 0.619. The van der Waals surface area contributed by atoms with Gasteiger partial charge < -0.3 is 0 Å². The number of pyridine rings is 2. The molecule has 0 fully saturated rings. The molecular formula is C15H11FN2S. The molecular weight excluding hydrogens is 259 g/mol. The van der Waals surface area contributed by atoms with Gasteiger partial charge in [-0.1, -0.05) is 6.08 Å². The summed E-state index contributed by atoms with van der Waals surface area (Å²) in [6.45, 7) is 0. The van der Waals surface area contributed by atoms with Crippen molar-refractivity contribution in [2.24, 2.45) is 0 Å².